The van der Waals surface area contributed by atoms with E-state index in [4.69, 9.17) is 11.6 Å². The summed E-state index contributed by atoms with van der Waals surface area (Å²) in [7, 11) is -3.67. The van der Waals surface area contributed by atoms with Gasteiger partial charge in [-0.25, -0.2) is 12.8 Å². The topological polar surface area (TPSA) is 37.4 Å². The maximum atomic E-state index is 13.4. The number of piperidine rings is 1. The first-order valence-corrected chi connectivity index (χ1v) is 8.30. The Labute approximate surface area is 118 Å². The minimum absolute atomic E-state index is 0.00347. The fraction of sp³-hybridized carbons (Fsp3) is 0.538. The fourth-order valence-corrected chi connectivity index (χ4v) is 4.68. The maximum Gasteiger partial charge on any atom is 0.243 e. The zero-order valence-corrected chi connectivity index (χ0v) is 12.3. The predicted octanol–water partition coefficient (Wildman–Crippen LogP) is 3.13. The van der Waals surface area contributed by atoms with Gasteiger partial charge < -0.3 is 0 Å². The van der Waals surface area contributed by atoms with Crippen LogP contribution in [0.25, 0.3) is 0 Å². The van der Waals surface area contributed by atoms with Crippen LogP contribution in [0.2, 0.25) is 0 Å². The van der Waals surface area contributed by atoms with E-state index in [2.05, 4.69) is 0 Å². The van der Waals surface area contributed by atoms with Crippen LogP contribution in [0.15, 0.2) is 23.1 Å². The average Bonchev–Trinajstić information content (AvgIpc) is 2.39. The molecule has 1 aliphatic rings. The number of nitrogens with zero attached hydrogens (tertiary/aromatic N) is 1. The summed E-state index contributed by atoms with van der Waals surface area (Å²) in [5.41, 5.74) is 0.445. The third-order valence-electron chi connectivity index (χ3n) is 3.50. The van der Waals surface area contributed by atoms with Crippen LogP contribution in [0.4, 0.5) is 4.39 Å². The summed E-state index contributed by atoms with van der Waals surface area (Å²) < 4.78 is 40.1. The molecular formula is C13H17ClFNO2S. The van der Waals surface area contributed by atoms with Gasteiger partial charge in [0.25, 0.3) is 0 Å². The highest BCUT2D eigenvalue weighted by Crippen LogP contribution is 2.28. The van der Waals surface area contributed by atoms with Crippen LogP contribution in [0.5, 0.6) is 0 Å². The Hall–Kier alpha value is -0.650. The third-order valence-corrected chi connectivity index (χ3v) is 5.89. The molecule has 0 bridgehead atoms. The van der Waals surface area contributed by atoms with Gasteiger partial charge in [0.1, 0.15) is 5.82 Å². The lowest BCUT2D eigenvalue weighted by Gasteiger charge is -2.32. The van der Waals surface area contributed by atoms with Crippen molar-refractivity contribution in [1.82, 2.24) is 4.31 Å². The van der Waals surface area contributed by atoms with Crippen molar-refractivity contribution in [2.45, 2.75) is 43.0 Å². The SMILES string of the molecule is CC1CCCCN1S(=O)(=O)c1cc(F)ccc1CCl. The van der Waals surface area contributed by atoms with Gasteiger partial charge in [-0.2, -0.15) is 4.31 Å². The van der Waals surface area contributed by atoms with Gasteiger partial charge >= 0.3 is 0 Å². The summed E-state index contributed by atoms with van der Waals surface area (Å²) in [6.45, 7) is 2.37. The molecule has 6 heteroatoms. The molecule has 0 aliphatic carbocycles. The first-order chi connectivity index (χ1) is 8.96. The Kier molecular flexibility index (Phi) is 4.48. The van der Waals surface area contributed by atoms with E-state index < -0.39 is 15.8 Å². The Morgan fingerprint density at radius 2 is 2.16 bits per heavy atom. The van der Waals surface area contributed by atoms with Crippen LogP contribution in [0.1, 0.15) is 31.7 Å². The van der Waals surface area contributed by atoms with E-state index in [9.17, 15) is 12.8 Å². The standard InChI is InChI=1S/C13H17ClFNO2S/c1-10-4-2-3-7-16(10)19(17,18)13-8-12(15)6-5-11(13)9-14/h5-6,8,10H,2-4,7,9H2,1H3. The molecule has 0 N–H and O–H groups in total. The molecule has 3 nitrogen and oxygen atoms in total. The second kappa shape index (κ2) is 5.77. The van der Waals surface area contributed by atoms with Crippen molar-refractivity contribution in [2.24, 2.45) is 0 Å². The van der Waals surface area contributed by atoms with Crippen molar-refractivity contribution < 1.29 is 12.8 Å². The molecule has 1 unspecified atom stereocenters. The number of alkyl halides is 1. The molecule has 1 aromatic carbocycles. The summed E-state index contributed by atoms with van der Waals surface area (Å²) in [6.07, 6.45) is 2.71. The Morgan fingerprint density at radius 3 is 2.79 bits per heavy atom. The van der Waals surface area contributed by atoms with Crippen LogP contribution in [0.3, 0.4) is 0 Å². The molecule has 1 fully saturated rings. The normalized spacial score (nSPS) is 21.5. The maximum absolute atomic E-state index is 13.4. The summed E-state index contributed by atoms with van der Waals surface area (Å²) in [6, 6.07) is 3.68. The molecule has 0 radical (unpaired) electrons. The number of hydrogen-bond donors (Lipinski definition) is 0. The van der Waals surface area contributed by atoms with Crippen molar-refractivity contribution in [3.8, 4) is 0 Å². The van der Waals surface area contributed by atoms with Crippen molar-refractivity contribution in [3.63, 3.8) is 0 Å². The van der Waals surface area contributed by atoms with Crippen LogP contribution in [-0.2, 0) is 15.9 Å². The average molecular weight is 306 g/mol. The lowest BCUT2D eigenvalue weighted by Crippen LogP contribution is -2.42. The smallest absolute Gasteiger partial charge is 0.207 e. The highest BCUT2D eigenvalue weighted by atomic mass is 35.5. The van der Waals surface area contributed by atoms with Gasteiger partial charge in [-0.1, -0.05) is 12.5 Å². The molecule has 19 heavy (non-hydrogen) atoms. The van der Waals surface area contributed by atoms with Gasteiger partial charge in [0.2, 0.25) is 10.0 Å². The second-order valence-electron chi connectivity index (χ2n) is 4.85. The van der Waals surface area contributed by atoms with Gasteiger partial charge in [0.15, 0.2) is 0 Å². The molecule has 1 aliphatic heterocycles. The van der Waals surface area contributed by atoms with Crippen molar-refractivity contribution in [2.75, 3.05) is 6.54 Å². The van der Waals surface area contributed by atoms with Crippen LogP contribution >= 0.6 is 11.6 Å². The van der Waals surface area contributed by atoms with Crippen molar-refractivity contribution in [1.29, 1.82) is 0 Å². The lowest BCUT2D eigenvalue weighted by atomic mass is 10.1. The van der Waals surface area contributed by atoms with Crippen LogP contribution in [0, 0.1) is 5.82 Å². The molecule has 0 amide bonds. The molecule has 0 spiro atoms. The summed E-state index contributed by atoms with van der Waals surface area (Å²) in [4.78, 5) is -0.00347. The van der Waals surface area contributed by atoms with E-state index in [0.29, 0.717) is 12.1 Å². The molecule has 106 valence electrons. The minimum Gasteiger partial charge on any atom is -0.207 e. The molecule has 2 rings (SSSR count). The van der Waals surface area contributed by atoms with Gasteiger partial charge in [0.05, 0.1) is 4.90 Å². The van der Waals surface area contributed by atoms with E-state index in [1.54, 1.807) is 0 Å². The molecular weight excluding hydrogens is 289 g/mol. The number of hydrogen-bond acceptors (Lipinski definition) is 2. The number of benzene rings is 1. The first-order valence-electron chi connectivity index (χ1n) is 6.33. The largest absolute Gasteiger partial charge is 0.243 e. The Bertz CT molecular complexity index is 562. The molecule has 0 aromatic heterocycles. The summed E-state index contributed by atoms with van der Waals surface area (Å²) in [5, 5.41) is 0. The third kappa shape index (κ3) is 2.93. The zero-order valence-electron chi connectivity index (χ0n) is 10.8. The molecule has 0 saturated carbocycles. The summed E-state index contributed by atoms with van der Waals surface area (Å²) in [5.74, 6) is -0.506. The van der Waals surface area contributed by atoms with E-state index in [0.717, 1.165) is 25.3 Å². The second-order valence-corrected chi connectivity index (χ2v) is 6.97. The first kappa shape index (κ1) is 14.8. The van der Waals surface area contributed by atoms with Crippen LogP contribution in [-0.4, -0.2) is 25.3 Å². The number of rotatable bonds is 3. The molecule has 1 heterocycles. The van der Waals surface area contributed by atoms with E-state index >= 15 is 0 Å². The molecule has 1 saturated heterocycles. The monoisotopic (exact) mass is 305 g/mol. The zero-order chi connectivity index (χ0) is 14.0. The number of halogens is 2. The highest BCUT2D eigenvalue weighted by molar-refractivity contribution is 7.89. The van der Waals surface area contributed by atoms with E-state index in [1.807, 2.05) is 6.92 Å². The van der Waals surface area contributed by atoms with Gasteiger partial charge in [-0.3, -0.25) is 0 Å². The number of sulfonamides is 1. The van der Waals surface area contributed by atoms with Gasteiger partial charge in [-0.15, -0.1) is 11.6 Å². The van der Waals surface area contributed by atoms with Crippen LogP contribution < -0.4 is 0 Å². The molecule has 1 atom stereocenters. The van der Waals surface area contributed by atoms with Gasteiger partial charge in [-0.05, 0) is 37.5 Å². The van der Waals surface area contributed by atoms with Gasteiger partial charge in [0, 0.05) is 18.5 Å². The van der Waals surface area contributed by atoms with Crippen molar-refractivity contribution >= 4 is 21.6 Å². The highest BCUT2D eigenvalue weighted by Gasteiger charge is 2.32. The minimum atomic E-state index is -3.67. The fourth-order valence-electron chi connectivity index (χ4n) is 2.43. The predicted molar refractivity (Wildman–Crippen MR) is 73.2 cm³/mol. The quantitative estimate of drug-likeness (QED) is 0.805. The lowest BCUT2D eigenvalue weighted by molar-refractivity contribution is 0.268. The van der Waals surface area contributed by atoms with E-state index in [1.165, 1.54) is 16.4 Å². The Balaban J connectivity index is 2.46. The summed E-state index contributed by atoms with van der Waals surface area (Å²) >= 11 is 5.76. The Morgan fingerprint density at radius 1 is 1.42 bits per heavy atom. The van der Waals surface area contributed by atoms with E-state index in [-0.39, 0.29) is 16.8 Å². The molecule has 1 aromatic rings. The van der Waals surface area contributed by atoms with Crippen molar-refractivity contribution in [3.05, 3.63) is 29.6 Å².